The van der Waals surface area contributed by atoms with Gasteiger partial charge < -0.3 is 11.1 Å². The van der Waals surface area contributed by atoms with E-state index in [2.05, 4.69) is 5.32 Å². The van der Waals surface area contributed by atoms with Gasteiger partial charge in [0, 0.05) is 6.54 Å². The number of rotatable bonds is 4. The molecule has 0 heterocycles. The summed E-state index contributed by atoms with van der Waals surface area (Å²) >= 11 is 0. The van der Waals surface area contributed by atoms with Gasteiger partial charge in [-0.15, -0.1) is 0 Å². The molecular weight excluding hydrogens is 277 g/mol. The third kappa shape index (κ3) is 3.90. The molecule has 0 bridgehead atoms. The minimum absolute atomic E-state index is 0.106. The first kappa shape index (κ1) is 15.2. The van der Waals surface area contributed by atoms with Gasteiger partial charge in [-0.3, -0.25) is 0 Å². The second-order valence-electron chi connectivity index (χ2n) is 4.90. The molecule has 5 heteroatoms. The Morgan fingerprint density at radius 3 is 2.43 bits per heavy atom. The predicted molar refractivity (Wildman–Crippen MR) is 79.2 cm³/mol. The van der Waals surface area contributed by atoms with Crippen LogP contribution < -0.4 is 11.1 Å². The summed E-state index contributed by atoms with van der Waals surface area (Å²) in [5, 5.41) is 3.07. The van der Waals surface area contributed by atoms with E-state index in [0.717, 1.165) is 18.6 Å². The van der Waals surface area contributed by atoms with Crippen LogP contribution in [0.1, 0.15) is 16.7 Å². The fourth-order valence-electron chi connectivity index (χ4n) is 2.12. The molecule has 0 aliphatic heterocycles. The van der Waals surface area contributed by atoms with Crippen LogP contribution in [0.4, 0.5) is 24.5 Å². The lowest BCUT2D eigenvalue weighted by Crippen LogP contribution is -2.10. The van der Waals surface area contributed by atoms with Gasteiger partial charge in [0.25, 0.3) is 0 Å². The molecule has 112 valence electrons. The Bertz CT molecular complexity index is 621. The van der Waals surface area contributed by atoms with E-state index < -0.39 is 11.7 Å². The highest BCUT2D eigenvalue weighted by Gasteiger charge is 2.30. The summed E-state index contributed by atoms with van der Waals surface area (Å²) in [4.78, 5) is 0. The number of benzene rings is 2. The Morgan fingerprint density at radius 1 is 1.10 bits per heavy atom. The molecule has 2 rings (SSSR count). The minimum Gasteiger partial charge on any atom is -0.397 e. The number of aryl methyl sites for hydroxylation is 1. The highest BCUT2D eigenvalue weighted by atomic mass is 19.4. The summed E-state index contributed by atoms with van der Waals surface area (Å²) in [7, 11) is 0. The molecule has 0 fully saturated rings. The highest BCUT2D eigenvalue weighted by Crippen LogP contribution is 2.32. The van der Waals surface area contributed by atoms with E-state index in [1.54, 1.807) is 0 Å². The summed E-state index contributed by atoms with van der Waals surface area (Å²) in [6, 6.07) is 11.4. The van der Waals surface area contributed by atoms with Gasteiger partial charge in [-0.25, -0.2) is 0 Å². The fourth-order valence-corrected chi connectivity index (χ4v) is 2.12. The second-order valence-corrected chi connectivity index (χ2v) is 4.90. The van der Waals surface area contributed by atoms with Crippen molar-refractivity contribution in [3.63, 3.8) is 0 Å². The van der Waals surface area contributed by atoms with E-state index in [1.807, 2.05) is 31.2 Å². The van der Waals surface area contributed by atoms with Crippen LogP contribution in [-0.4, -0.2) is 6.54 Å². The summed E-state index contributed by atoms with van der Waals surface area (Å²) in [6.07, 6.45) is -3.58. The van der Waals surface area contributed by atoms with Crippen molar-refractivity contribution >= 4 is 11.4 Å². The highest BCUT2D eigenvalue weighted by molar-refractivity contribution is 5.67. The zero-order valence-electron chi connectivity index (χ0n) is 11.7. The average molecular weight is 294 g/mol. The molecule has 0 unspecified atom stereocenters. The van der Waals surface area contributed by atoms with Crippen molar-refractivity contribution in [2.75, 3.05) is 17.6 Å². The molecule has 0 aliphatic rings. The molecule has 0 aromatic heterocycles. The first-order chi connectivity index (χ1) is 9.88. The number of anilines is 2. The van der Waals surface area contributed by atoms with Gasteiger partial charge in [0.1, 0.15) is 0 Å². The topological polar surface area (TPSA) is 38.0 Å². The smallest absolute Gasteiger partial charge is 0.397 e. The average Bonchev–Trinajstić information content (AvgIpc) is 2.41. The number of halogens is 3. The van der Waals surface area contributed by atoms with Crippen molar-refractivity contribution < 1.29 is 13.2 Å². The first-order valence-electron chi connectivity index (χ1n) is 6.63. The van der Waals surface area contributed by atoms with Crippen LogP contribution in [0.5, 0.6) is 0 Å². The molecule has 0 amide bonds. The van der Waals surface area contributed by atoms with Crippen molar-refractivity contribution in [2.24, 2.45) is 0 Å². The SMILES string of the molecule is Cc1ccccc1CCNc1ccc(C(F)(F)F)cc1N. The fraction of sp³-hybridized carbons (Fsp3) is 0.250. The number of nitrogens with one attached hydrogen (secondary N) is 1. The van der Waals surface area contributed by atoms with Gasteiger partial charge in [-0.2, -0.15) is 13.2 Å². The Morgan fingerprint density at radius 2 is 1.81 bits per heavy atom. The minimum atomic E-state index is -4.37. The van der Waals surface area contributed by atoms with E-state index >= 15 is 0 Å². The Balaban J connectivity index is 2.00. The summed E-state index contributed by atoms with van der Waals surface area (Å²) in [5.41, 5.74) is 7.96. The van der Waals surface area contributed by atoms with Crippen molar-refractivity contribution in [2.45, 2.75) is 19.5 Å². The van der Waals surface area contributed by atoms with E-state index in [9.17, 15) is 13.2 Å². The molecule has 2 nitrogen and oxygen atoms in total. The van der Waals surface area contributed by atoms with Crippen molar-refractivity contribution in [3.05, 3.63) is 59.2 Å². The maximum absolute atomic E-state index is 12.5. The molecule has 21 heavy (non-hydrogen) atoms. The third-order valence-corrected chi connectivity index (χ3v) is 3.35. The molecule has 0 saturated carbocycles. The zero-order chi connectivity index (χ0) is 15.5. The molecule has 0 spiro atoms. The number of nitrogens with two attached hydrogens (primary N) is 1. The molecule has 2 aromatic carbocycles. The molecule has 0 radical (unpaired) electrons. The van der Waals surface area contributed by atoms with E-state index in [1.165, 1.54) is 17.2 Å². The largest absolute Gasteiger partial charge is 0.416 e. The van der Waals surface area contributed by atoms with Gasteiger partial charge in [0.15, 0.2) is 0 Å². The van der Waals surface area contributed by atoms with Gasteiger partial charge in [0.2, 0.25) is 0 Å². The molecule has 3 N–H and O–H groups in total. The van der Waals surface area contributed by atoms with Crippen LogP contribution in [-0.2, 0) is 12.6 Å². The summed E-state index contributed by atoms with van der Waals surface area (Å²) in [5.74, 6) is 0. The van der Waals surface area contributed by atoms with Crippen LogP contribution in [0.3, 0.4) is 0 Å². The van der Waals surface area contributed by atoms with Crippen LogP contribution in [0.15, 0.2) is 42.5 Å². The second kappa shape index (κ2) is 6.08. The van der Waals surface area contributed by atoms with Gasteiger partial charge >= 0.3 is 6.18 Å². The van der Waals surface area contributed by atoms with Gasteiger partial charge in [-0.05, 0) is 42.7 Å². The Labute approximate surface area is 121 Å². The number of alkyl halides is 3. The van der Waals surface area contributed by atoms with Gasteiger partial charge in [0.05, 0.1) is 16.9 Å². The van der Waals surface area contributed by atoms with E-state index in [0.29, 0.717) is 12.2 Å². The molecule has 0 atom stereocenters. The van der Waals surface area contributed by atoms with E-state index in [-0.39, 0.29) is 5.69 Å². The Hall–Kier alpha value is -2.17. The maximum Gasteiger partial charge on any atom is 0.416 e. The quantitative estimate of drug-likeness (QED) is 0.827. The predicted octanol–water partition coefficient (Wildman–Crippen LogP) is 4.25. The summed E-state index contributed by atoms with van der Waals surface area (Å²) < 4.78 is 37.6. The Kier molecular flexibility index (Phi) is 4.40. The molecular formula is C16H17F3N2. The molecule has 0 saturated heterocycles. The van der Waals surface area contributed by atoms with Crippen molar-refractivity contribution in [3.8, 4) is 0 Å². The third-order valence-electron chi connectivity index (χ3n) is 3.35. The molecule has 2 aromatic rings. The standard InChI is InChI=1S/C16H17F3N2/c1-11-4-2-3-5-12(11)8-9-21-15-7-6-13(10-14(15)20)16(17,18)19/h2-7,10,21H,8-9,20H2,1H3. The normalized spacial score (nSPS) is 11.4. The van der Waals surface area contributed by atoms with Crippen LogP contribution >= 0.6 is 0 Å². The number of hydrogen-bond donors (Lipinski definition) is 2. The molecule has 0 aliphatic carbocycles. The lowest BCUT2D eigenvalue weighted by Gasteiger charge is -2.13. The number of hydrogen-bond acceptors (Lipinski definition) is 2. The maximum atomic E-state index is 12.5. The van der Waals surface area contributed by atoms with Crippen LogP contribution in [0.25, 0.3) is 0 Å². The lowest BCUT2D eigenvalue weighted by atomic mass is 10.1. The van der Waals surface area contributed by atoms with E-state index in [4.69, 9.17) is 5.73 Å². The lowest BCUT2D eigenvalue weighted by molar-refractivity contribution is -0.137. The zero-order valence-corrected chi connectivity index (χ0v) is 11.7. The van der Waals surface area contributed by atoms with Crippen LogP contribution in [0, 0.1) is 6.92 Å². The first-order valence-corrected chi connectivity index (χ1v) is 6.63. The van der Waals surface area contributed by atoms with Crippen molar-refractivity contribution in [1.82, 2.24) is 0 Å². The summed E-state index contributed by atoms with van der Waals surface area (Å²) in [6.45, 7) is 2.64. The van der Waals surface area contributed by atoms with Gasteiger partial charge in [-0.1, -0.05) is 24.3 Å². The van der Waals surface area contributed by atoms with Crippen molar-refractivity contribution in [1.29, 1.82) is 0 Å². The number of nitrogen functional groups attached to an aromatic ring is 1. The van der Waals surface area contributed by atoms with Crippen LogP contribution in [0.2, 0.25) is 0 Å². The monoisotopic (exact) mass is 294 g/mol.